The second-order valence-corrected chi connectivity index (χ2v) is 13.4. The predicted octanol–water partition coefficient (Wildman–Crippen LogP) is 4.92. The van der Waals surface area contributed by atoms with Gasteiger partial charge in [-0.1, -0.05) is 0 Å². The molecule has 0 aliphatic carbocycles. The molecule has 3 rings (SSSR count). The third-order valence-corrected chi connectivity index (χ3v) is 12.6. The van der Waals surface area contributed by atoms with Gasteiger partial charge in [0, 0.05) is 0 Å². The summed E-state index contributed by atoms with van der Waals surface area (Å²) in [4.78, 5) is 11.0. The minimum atomic E-state index is -3.23. The molecule has 0 saturated carbocycles. The Labute approximate surface area is 165 Å². The van der Waals surface area contributed by atoms with Crippen molar-refractivity contribution in [2.24, 2.45) is 0 Å². The molecule has 0 radical (unpaired) electrons. The SMILES string of the molecule is O=C(O)CCCCP(Cl)(c1ccccc1)(c1ccccc1)c1ccccc1. The van der Waals surface area contributed by atoms with Crippen LogP contribution in [0.4, 0.5) is 0 Å². The zero-order chi connectivity index (χ0) is 19.2. The Kier molecular flexibility index (Phi) is 5.99. The van der Waals surface area contributed by atoms with E-state index in [4.69, 9.17) is 16.3 Å². The van der Waals surface area contributed by atoms with Gasteiger partial charge in [0.1, 0.15) is 0 Å². The third kappa shape index (κ3) is 3.78. The summed E-state index contributed by atoms with van der Waals surface area (Å²) in [6, 6.07) is 30.9. The van der Waals surface area contributed by atoms with Gasteiger partial charge < -0.3 is 0 Å². The average molecular weight is 399 g/mol. The summed E-state index contributed by atoms with van der Waals surface area (Å²) < 4.78 is 0. The number of carboxylic acids is 1. The van der Waals surface area contributed by atoms with Crippen molar-refractivity contribution in [1.29, 1.82) is 0 Å². The fraction of sp³-hybridized carbons (Fsp3) is 0.174. The average Bonchev–Trinajstić information content (AvgIpc) is 2.73. The van der Waals surface area contributed by atoms with Crippen molar-refractivity contribution in [3.63, 3.8) is 0 Å². The number of carbonyl (C=O) groups is 1. The molecule has 27 heavy (non-hydrogen) atoms. The molecule has 0 aliphatic rings. The Hall–Kier alpha value is -2.15. The van der Waals surface area contributed by atoms with Crippen molar-refractivity contribution in [2.75, 3.05) is 6.16 Å². The molecule has 0 aromatic heterocycles. The third-order valence-electron chi connectivity index (χ3n) is 5.10. The molecule has 0 spiro atoms. The Morgan fingerprint density at radius 1 is 0.704 bits per heavy atom. The van der Waals surface area contributed by atoms with Crippen molar-refractivity contribution in [1.82, 2.24) is 0 Å². The van der Waals surface area contributed by atoms with Gasteiger partial charge in [0.25, 0.3) is 0 Å². The first kappa shape index (κ1) is 19.6. The first-order valence-electron chi connectivity index (χ1n) is 9.17. The van der Waals surface area contributed by atoms with Crippen LogP contribution in [-0.2, 0) is 4.79 Å². The van der Waals surface area contributed by atoms with Crippen LogP contribution in [0.5, 0.6) is 0 Å². The van der Waals surface area contributed by atoms with E-state index >= 15 is 0 Å². The fourth-order valence-corrected chi connectivity index (χ4v) is 9.98. The second kappa shape index (κ2) is 8.25. The summed E-state index contributed by atoms with van der Waals surface area (Å²) in [5.74, 6) is -3.99. The topological polar surface area (TPSA) is 37.3 Å². The van der Waals surface area contributed by atoms with Gasteiger partial charge in [0.15, 0.2) is 0 Å². The van der Waals surface area contributed by atoms with Gasteiger partial charge >= 0.3 is 165 Å². The molecular formula is C23H24ClO2P. The number of rotatable bonds is 8. The number of hydrogen-bond acceptors (Lipinski definition) is 1. The van der Waals surface area contributed by atoms with Crippen LogP contribution in [0.3, 0.4) is 0 Å². The van der Waals surface area contributed by atoms with Crippen LogP contribution in [0.15, 0.2) is 91.0 Å². The first-order chi connectivity index (χ1) is 13.1. The van der Waals surface area contributed by atoms with E-state index < -0.39 is 11.9 Å². The molecule has 0 bridgehead atoms. The zero-order valence-electron chi connectivity index (χ0n) is 15.2. The number of carboxylic acid groups (broad SMARTS) is 1. The minimum absolute atomic E-state index is 0.168. The van der Waals surface area contributed by atoms with Gasteiger partial charge in [-0.2, -0.15) is 0 Å². The van der Waals surface area contributed by atoms with E-state index in [1.165, 1.54) is 0 Å². The standard InChI is InChI=1S/C23H24ClO2P/c24-27(19-11-10-18-23(25)26,20-12-4-1-5-13-20,21-14-6-2-7-15-21)22-16-8-3-9-17-22/h1-9,12-17H,10-11,18-19H2,(H,25,26). The van der Waals surface area contributed by atoms with Gasteiger partial charge in [-0.25, -0.2) is 0 Å². The van der Waals surface area contributed by atoms with Crippen molar-refractivity contribution in [3.05, 3.63) is 91.0 Å². The van der Waals surface area contributed by atoms with E-state index in [-0.39, 0.29) is 6.42 Å². The number of aliphatic carboxylic acids is 1. The Balaban J connectivity index is 2.21. The molecule has 1 N–H and O–H groups in total. The molecule has 4 heteroatoms. The van der Waals surface area contributed by atoms with Crippen molar-refractivity contribution < 1.29 is 9.90 Å². The number of benzene rings is 3. The Bertz CT molecular complexity index is 783. The van der Waals surface area contributed by atoms with E-state index in [2.05, 4.69) is 36.4 Å². The van der Waals surface area contributed by atoms with Crippen LogP contribution < -0.4 is 15.9 Å². The molecule has 140 valence electrons. The number of unbranched alkanes of at least 4 members (excludes halogenated alkanes) is 1. The molecule has 3 aromatic rings. The molecule has 0 aliphatic heterocycles. The Morgan fingerprint density at radius 2 is 1.07 bits per heavy atom. The molecule has 0 atom stereocenters. The fourth-order valence-electron chi connectivity index (χ4n) is 3.74. The molecule has 0 amide bonds. The van der Waals surface area contributed by atoms with Crippen LogP contribution in [-0.4, -0.2) is 17.2 Å². The van der Waals surface area contributed by atoms with Gasteiger partial charge in [-0.15, -0.1) is 0 Å². The molecule has 0 unspecified atom stereocenters. The van der Waals surface area contributed by atoms with Crippen LogP contribution in [0.2, 0.25) is 0 Å². The summed E-state index contributed by atoms with van der Waals surface area (Å²) >= 11 is 7.87. The molecular weight excluding hydrogens is 375 g/mol. The van der Waals surface area contributed by atoms with Crippen molar-refractivity contribution in [2.45, 2.75) is 19.3 Å². The molecule has 0 heterocycles. The van der Waals surface area contributed by atoms with Crippen LogP contribution in [0.1, 0.15) is 19.3 Å². The van der Waals surface area contributed by atoms with Crippen molar-refractivity contribution in [3.8, 4) is 0 Å². The van der Waals surface area contributed by atoms with E-state index in [0.717, 1.165) is 28.5 Å². The van der Waals surface area contributed by atoms with E-state index in [1.54, 1.807) is 0 Å². The maximum absolute atomic E-state index is 11.0. The molecule has 3 aromatic carbocycles. The quantitative estimate of drug-likeness (QED) is 0.431. The monoisotopic (exact) mass is 398 g/mol. The van der Waals surface area contributed by atoms with Gasteiger partial charge in [-0.3, -0.25) is 0 Å². The van der Waals surface area contributed by atoms with Crippen LogP contribution >= 0.6 is 17.2 Å². The normalized spacial score (nSPS) is 12.9. The van der Waals surface area contributed by atoms with Crippen molar-refractivity contribution >= 4 is 39.1 Å². The van der Waals surface area contributed by atoms with Gasteiger partial charge in [0.05, 0.1) is 0 Å². The number of halogens is 1. The summed E-state index contributed by atoms with van der Waals surface area (Å²) in [6.07, 6.45) is 2.28. The summed E-state index contributed by atoms with van der Waals surface area (Å²) in [5.41, 5.74) is 0. The van der Waals surface area contributed by atoms with E-state index in [0.29, 0.717) is 6.42 Å². The maximum atomic E-state index is 11.0. The van der Waals surface area contributed by atoms with Gasteiger partial charge in [-0.05, 0) is 0 Å². The predicted molar refractivity (Wildman–Crippen MR) is 117 cm³/mol. The second-order valence-electron chi connectivity index (χ2n) is 6.76. The molecule has 0 fully saturated rings. The number of hydrogen-bond donors (Lipinski definition) is 1. The first-order valence-corrected chi connectivity index (χ1v) is 12.5. The summed E-state index contributed by atoms with van der Waals surface area (Å²) in [6.45, 7) is 0. The van der Waals surface area contributed by atoms with E-state index in [9.17, 15) is 4.79 Å². The summed E-state index contributed by atoms with van der Waals surface area (Å²) in [7, 11) is 0. The van der Waals surface area contributed by atoms with Crippen LogP contribution in [0, 0.1) is 0 Å². The van der Waals surface area contributed by atoms with E-state index in [1.807, 2.05) is 54.6 Å². The molecule has 2 nitrogen and oxygen atoms in total. The van der Waals surface area contributed by atoms with Gasteiger partial charge in [0.2, 0.25) is 0 Å². The molecule has 0 saturated heterocycles. The zero-order valence-corrected chi connectivity index (χ0v) is 16.8. The summed E-state index contributed by atoms with van der Waals surface area (Å²) in [5, 5.41) is 12.4. The Morgan fingerprint density at radius 3 is 1.41 bits per heavy atom. The van der Waals surface area contributed by atoms with Crippen LogP contribution in [0.25, 0.3) is 0 Å².